The molecule has 160 valence electrons. The number of aromatic nitrogens is 3. The molecule has 0 aliphatic carbocycles. The monoisotopic (exact) mass is 419 g/mol. The summed E-state index contributed by atoms with van der Waals surface area (Å²) in [6, 6.07) is 8.25. The number of amides is 1. The number of carbonyl (C=O) groups excluding carboxylic acids is 1. The maximum absolute atomic E-state index is 12.8. The van der Waals surface area contributed by atoms with Gasteiger partial charge in [0.25, 0.3) is 0 Å². The Kier molecular flexibility index (Phi) is 7.96. The molecule has 0 aliphatic rings. The minimum Gasteiger partial charge on any atom is -0.486 e. The van der Waals surface area contributed by atoms with Crippen molar-refractivity contribution in [2.45, 2.75) is 83.5 Å². The highest BCUT2D eigenvalue weighted by atomic mass is 32.2. The van der Waals surface area contributed by atoms with Crippen LogP contribution in [0.3, 0.4) is 0 Å². The minimum atomic E-state index is -0.316. The predicted molar refractivity (Wildman–Crippen MR) is 117 cm³/mol. The van der Waals surface area contributed by atoms with Crippen molar-refractivity contribution in [3.05, 3.63) is 35.7 Å². The number of carbonyl (C=O) groups is 1. The third-order valence-corrected chi connectivity index (χ3v) is 5.69. The Bertz CT molecular complexity index is 794. The quantitative estimate of drug-likeness (QED) is 0.491. The Labute approximate surface area is 178 Å². The number of nitrogens with zero attached hydrogens (tertiary/aromatic N) is 4. The van der Waals surface area contributed by atoms with Gasteiger partial charge in [0.15, 0.2) is 5.82 Å². The van der Waals surface area contributed by atoms with Gasteiger partial charge in [-0.2, -0.15) is 0 Å². The summed E-state index contributed by atoms with van der Waals surface area (Å²) in [4.78, 5) is 14.7. The van der Waals surface area contributed by atoms with Crippen LogP contribution < -0.4 is 10.6 Å². The van der Waals surface area contributed by atoms with Crippen LogP contribution in [0, 0.1) is 0 Å². The summed E-state index contributed by atoms with van der Waals surface area (Å²) in [6.45, 7) is 14.4. The minimum absolute atomic E-state index is 0.0612. The van der Waals surface area contributed by atoms with Gasteiger partial charge >= 0.3 is 0 Å². The zero-order valence-corrected chi connectivity index (χ0v) is 19.2. The summed E-state index contributed by atoms with van der Waals surface area (Å²) in [5.41, 5.74) is 1.26. The molecule has 0 spiro atoms. The first-order chi connectivity index (χ1) is 13.6. The van der Waals surface area contributed by atoms with Crippen LogP contribution in [0.2, 0.25) is 0 Å². The standard InChI is InChI=1S/C21H33N5O2S/c1-13(2)17-8-10-18(11-9-17)28-12-19-23-24-21(26(19)22)29-16(7)20(27)25(14(3)4)15(5)6/h8-11,13-16H,12,22H2,1-7H3/t16-/m0/s1. The number of benzene rings is 1. The van der Waals surface area contributed by atoms with Crippen molar-refractivity contribution in [2.75, 3.05) is 5.84 Å². The molecule has 29 heavy (non-hydrogen) atoms. The molecule has 0 unspecified atom stereocenters. The molecule has 1 amide bonds. The topological polar surface area (TPSA) is 86.3 Å². The molecule has 8 heteroatoms. The molecule has 0 fully saturated rings. The van der Waals surface area contributed by atoms with E-state index in [1.807, 2.05) is 51.7 Å². The first-order valence-corrected chi connectivity index (χ1v) is 10.9. The highest BCUT2D eigenvalue weighted by Gasteiger charge is 2.27. The zero-order chi connectivity index (χ0) is 21.7. The van der Waals surface area contributed by atoms with Crippen molar-refractivity contribution >= 4 is 17.7 Å². The van der Waals surface area contributed by atoms with Gasteiger partial charge in [-0.05, 0) is 58.2 Å². The van der Waals surface area contributed by atoms with E-state index >= 15 is 0 Å². The van der Waals surface area contributed by atoms with Gasteiger partial charge in [0.05, 0.1) is 5.25 Å². The SMILES string of the molecule is CC(C)c1ccc(OCc2nnc(S[C@@H](C)C(=O)N(C(C)C)C(C)C)n2N)cc1. The number of hydrogen-bond acceptors (Lipinski definition) is 6. The van der Waals surface area contributed by atoms with Crippen LogP contribution in [0.4, 0.5) is 0 Å². The molecule has 0 saturated carbocycles. The van der Waals surface area contributed by atoms with E-state index in [-0.39, 0.29) is 29.8 Å². The Morgan fingerprint density at radius 1 is 1.07 bits per heavy atom. The van der Waals surface area contributed by atoms with Gasteiger partial charge in [-0.3, -0.25) is 4.79 Å². The number of hydrogen-bond donors (Lipinski definition) is 1. The van der Waals surface area contributed by atoms with Crippen molar-refractivity contribution in [3.8, 4) is 5.75 Å². The van der Waals surface area contributed by atoms with Gasteiger partial charge in [-0.15, -0.1) is 10.2 Å². The summed E-state index contributed by atoms with van der Waals surface area (Å²) >= 11 is 1.31. The first-order valence-electron chi connectivity index (χ1n) is 10.0. The molecule has 1 heterocycles. The number of ether oxygens (including phenoxy) is 1. The van der Waals surface area contributed by atoms with Crippen molar-refractivity contribution in [1.29, 1.82) is 0 Å². The lowest BCUT2D eigenvalue weighted by molar-refractivity contribution is -0.133. The van der Waals surface area contributed by atoms with Gasteiger partial charge in [0.1, 0.15) is 12.4 Å². The van der Waals surface area contributed by atoms with Gasteiger partial charge in [0, 0.05) is 12.1 Å². The molecular weight excluding hydrogens is 386 g/mol. The fraction of sp³-hybridized carbons (Fsp3) is 0.571. The van der Waals surface area contributed by atoms with E-state index in [0.717, 1.165) is 5.75 Å². The second-order valence-electron chi connectivity index (χ2n) is 7.97. The summed E-state index contributed by atoms with van der Waals surface area (Å²) in [6.07, 6.45) is 0. The van der Waals surface area contributed by atoms with Crippen molar-refractivity contribution in [1.82, 2.24) is 19.8 Å². The highest BCUT2D eigenvalue weighted by Crippen LogP contribution is 2.24. The highest BCUT2D eigenvalue weighted by molar-refractivity contribution is 8.00. The van der Waals surface area contributed by atoms with Crippen LogP contribution in [0.15, 0.2) is 29.4 Å². The second kappa shape index (κ2) is 10.0. The Hall–Kier alpha value is -2.22. The van der Waals surface area contributed by atoms with Crippen LogP contribution in [-0.2, 0) is 11.4 Å². The molecule has 2 N–H and O–H groups in total. The average Bonchev–Trinajstić information content (AvgIpc) is 2.99. The Morgan fingerprint density at radius 2 is 1.66 bits per heavy atom. The summed E-state index contributed by atoms with van der Waals surface area (Å²) in [7, 11) is 0. The molecule has 2 rings (SSSR count). The van der Waals surface area contributed by atoms with Gasteiger partial charge in [-0.1, -0.05) is 37.7 Å². The number of nitrogen functional groups attached to an aromatic ring is 1. The van der Waals surface area contributed by atoms with Crippen molar-refractivity contribution < 1.29 is 9.53 Å². The van der Waals surface area contributed by atoms with Crippen LogP contribution in [0.5, 0.6) is 5.75 Å². The zero-order valence-electron chi connectivity index (χ0n) is 18.4. The maximum atomic E-state index is 12.8. The molecule has 0 bridgehead atoms. The van der Waals surface area contributed by atoms with E-state index in [0.29, 0.717) is 16.9 Å². The Balaban J connectivity index is 2.00. The van der Waals surface area contributed by atoms with Gasteiger partial charge < -0.3 is 15.5 Å². The fourth-order valence-corrected chi connectivity index (χ4v) is 3.95. The van der Waals surface area contributed by atoms with E-state index in [1.54, 1.807) is 0 Å². The molecule has 1 aromatic carbocycles. The second-order valence-corrected chi connectivity index (χ2v) is 9.28. The third kappa shape index (κ3) is 5.88. The van der Waals surface area contributed by atoms with Gasteiger partial charge in [0.2, 0.25) is 11.1 Å². The van der Waals surface area contributed by atoms with Crippen molar-refractivity contribution in [2.24, 2.45) is 0 Å². The lowest BCUT2D eigenvalue weighted by Crippen LogP contribution is -2.45. The average molecular weight is 420 g/mol. The molecule has 0 radical (unpaired) electrons. The molecule has 1 atom stereocenters. The smallest absolute Gasteiger partial charge is 0.236 e. The molecule has 0 saturated heterocycles. The number of rotatable bonds is 9. The van der Waals surface area contributed by atoms with E-state index in [2.05, 4.69) is 36.2 Å². The molecule has 7 nitrogen and oxygen atoms in total. The lowest BCUT2D eigenvalue weighted by atomic mass is 10.0. The van der Waals surface area contributed by atoms with Crippen LogP contribution in [0.25, 0.3) is 0 Å². The van der Waals surface area contributed by atoms with Crippen LogP contribution in [0.1, 0.15) is 65.8 Å². The molecule has 1 aromatic heterocycles. The fourth-order valence-electron chi connectivity index (χ4n) is 3.11. The Morgan fingerprint density at radius 3 is 2.17 bits per heavy atom. The normalized spacial score (nSPS) is 12.6. The molecular formula is C21H33N5O2S. The number of nitrogens with two attached hydrogens (primary N) is 1. The summed E-state index contributed by atoms with van der Waals surface area (Å²) in [5, 5.41) is 8.43. The molecule has 0 aliphatic heterocycles. The van der Waals surface area contributed by atoms with E-state index in [9.17, 15) is 4.79 Å². The first kappa shape index (κ1) is 23.1. The van der Waals surface area contributed by atoms with E-state index < -0.39 is 0 Å². The van der Waals surface area contributed by atoms with E-state index in [1.165, 1.54) is 22.0 Å². The third-order valence-electron chi connectivity index (χ3n) is 4.65. The van der Waals surface area contributed by atoms with Crippen LogP contribution in [-0.4, -0.2) is 43.0 Å². The van der Waals surface area contributed by atoms with Crippen LogP contribution >= 0.6 is 11.8 Å². The number of thioether (sulfide) groups is 1. The molecule has 2 aromatic rings. The largest absolute Gasteiger partial charge is 0.486 e. The summed E-state index contributed by atoms with van der Waals surface area (Å²) < 4.78 is 7.18. The predicted octanol–water partition coefficient (Wildman–Crippen LogP) is 3.82. The lowest BCUT2D eigenvalue weighted by Gasteiger charge is -2.32. The summed E-state index contributed by atoms with van der Waals surface area (Å²) in [5.74, 6) is 7.93. The van der Waals surface area contributed by atoms with Gasteiger partial charge in [-0.25, -0.2) is 4.68 Å². The van der Waals surface area contributed by atoms with Crippen molar-refractivity contribution in [3.63, 3.8) is 0 Å². The maximum Gasteiger partial charge on any atom is 0.236 e. The van der Waals surface area contributed by atoms with E-state index in [4.69, 9.17) is 10.6 Å².